The molecule has 7 heteroatoms. The molecule has 4 rings (SSSR count). The maximum atomic E-state index is 12.0. The molecule has 0 atom stereocenters. The Labute approximate surface area is 155 Å². The highest BCUT2D eigenvalue weighted by molar-refractivity contribution is 6.30. The number of nitrogens with two attached hydrogens (primary N) is 1. The van der Waals surface area contributed by atoms with Gasteiger partial charge in [-0.2, -0.15) is 5.10 Å². The second-order valence-corrected chi connectivity index (χ2v) is 6.90. The molecule has 0 spiro atoms. The second kappa shape index (κ2) is 6.63. The average Bonchev–Trinajstić information content (AvgIpc) is 2.98. The molecule has 0 aliphatic heterocycles. The summed E-state index contributed by atoms with van der Waals surface area (Å²) < 4.78 is 7.53. The van der Waals surface area contributed by atoms with E-state index in [1.54, 1.807) is 34.8 Å². The lowest BCUT2D eigenvalue weighted by Crippen LogP contribution is -2.33. The van der Waals surface area contributed by atoms with Gasteiger partial charge in [0.15, 0.2) is 0 Å². The third-order valence-electron chi connectivity index (χ3n) is 4.77. The van der Waals surface area contributed by atoms with Crippen LogP contribution in [0.4, 0.5) is 0 Å². The van der Waals surface area contributed by atoms with E-state index in [0.717, 1.165) is 18.6 Å². The zero-order valence-corrected chi connectivity index (χ0v) is 14.7. The Morgan fingerprint density at radius 1 is 1.27 bits per heavy atom. The number of nitrogens with zero attached hydrogens (tertiary/aromatic N) is 2. The molecule has 0 saturated heterocycles. The van der Waals surface area contributed by atoms with Crippen molar-refractivity contribution in [1.29, 1.82) is 0 Å². The molecule has 0 unspecified atom stereocenters. The molecule has 2 aromatic heterocycles. The van der Waals surface area contributed by atoms with E-state index in [0.29, 0.717) is 27.5 Å². The van der Waals surface area contributed by atoms with Crippen LogP contribution in [0.1, 0.15) is 40.5 Å². The summed E-state index contributed by atoms with van der Waals surface area (Å²) in [6.07, 6.45) is 1.56. The number of carbonyl (C=O) groups excluding carboxylic acids is 1. The fraction of sp³-hybridized carbons (Fsp3) is 0.263. The van der Waals surface area contributed by atoms with Crippen LogP contribution >= 0.6 is 11.6 Å². The van der Waals surface area contributed by atoms with E-state index in [1.165, 1.54) is 0 Å². The van der Waals surface area contributed by atoms with Crippen molar-refractivity contribution in [1.82, 2.24) is 9.61 Å². The molecular formula is C19H18ClN3O3. The fourth-order valence-corrected chi connectivity index (χ4v) is 3.52. The largest absolute Gasteiger partial charge is 0.490 e. The number of fused-ring (bicyclic) bond motifs is 1. The molecule has 0 bridgehead atoms. The number of hydrogen-bond acceptors (Lipinski definition) is 4. The van der Waals surface area contributed by atoms with Crippen molar-refractivity contribution in [2.75, 3.05) is 0 Å². The number of rotatable bonds is 5. The molecule has 1 aliphatic rings. The van der Waals surface area contributed by atoms with Crippen molar-refractivity contribution >= 4 is 23.0 Å². The van der Waals surface area contributed by atoms with Gasteiger partial charge in [-0.1, -0.05) is 17.7 Å². The van der Waals surface area contributed by atoms with Gasteiger partial charge in [-0.3, -0.25) is 4.79 Å². The molecule has 0 radical (unpaired) electrons. The first-order chi connectivity index (χ1) is 12.6. The molecule has 2 heterocycles. The summed E-state index contributed by atoms with van der Waals surface area (Å²) in [7, 11) is 0. The standard InChI is InChI=1S/C19H18ClN3O3/c20-12-4-6-14(7-5-12)26-15-8-11(9-15)18-17(19(21)25)16-3-1-2-13(10-24)23(16)22-18/h1-7,11,15,24H,8-10H2,(H2,21,25). The molecule has 3 N–H and O–H groups in total. The first-order valence-corrected chi connectivity index (χ1v) is 8.78. The van der Waals surface area contributed by atoms with Gasteiger partial charge < -0.3 is 15.6 Å². The first-order valence-electron chi connectivity index (χ1n) is 8.40. The van der Waals surface area contributed by atoms with Gasteiger partial charge in [-0.25, -0.2) is 4.52 Å². The van der Waals surface area contributed by atoms with Gasteiger partial charge in [0, 0.05) is 10.9 Å². The smallest absolute Gasteiger partial charge is 0.252 e. The quantitative estimate of drug-likeness (QED) is 0.721. The van der Waals surface area contributed by atoms with Crippen molar-refractivity contribution in [2.45, 2.75) is 31.5 Å². The number of aliphatic hydroxyl groups is 1. The van der Waals surface area contributed by atoms with Gasteiger partial charge >= 0.3 is 0 Å². The fourth-order valence-electron chi connectivity index (χ4n) is 3.39. The zero-order valence-electron chi connectivity index (χ0n) is 13.9. The van der Waals surface area contributed by atoms with Gasteiger partial charge in [0.05, 0.1) is 35.2 Å². The maximum absolute atomic E-state index is 12.0. The normalized spacial score (nSPS) is 19.3. The van der Waals surface area contributed by atoms with E-state index in [4.69, 9.17) is 22.1 Å². The summed E-state index contributed by atoms with van der Waals surface area (Å²) in [4.78, 5) is 12.0. The summed E-state index contributed by atoms with van der Waals surface area (Å²) in [5, 5.41) is 14.7. The Morgan fingerprint density at radius 3 is 2.65 bits per heavy atom. The number of benzene rings is 1. The van der Waals surface area contributed by atoms with E-state index in [2.05, 4.69) is 5.10 Å². The summed E-state index contributed by atoms with van der Waals surface area (Å²) in [6, 6.07) is 12.6. The Bertz CT molecular complexity index is 962. The van der Waals surface area contributed by atoms with E-state index in [-0.39, 0.29) is 18.6 Å². The molecule has 1 fully saturated rings. The number of amides is 1. The van der Waals surface area contributed by atoms with E-state index in [1.807, 2.05) is 12.1 Å². The number of hydrogen-bond donors (Lipinski definition) is 2. The lowest BCUT2D eigenvalue weighted by Gasteiger charge is -2.34. The molecule has 3 aromatic rings. The SMILES string of the molecule is NC(=O)c1c(C2CC(Oc3ccc(Cl)cc3)C2)nn2c(CO)cccc12. The molecule has 1 aromatic carbocycles. The van der Waals surface area contributed by atoms with Crippen LogP contribution in [0.15, 0.2) is 42.5 Å². The van der Waals surface area contributed by atoms with Crippen LogP contribution in [0, 0.1) is 0 Å². The topological polar surface area (TPSA) is 89.9 Å². The Kier molecular flexibility index (Phi) is 4.30. The number of aromatic nitrogens is 2. The minimum absolute atomic E-state index is 0.0593. The first kappa shape index (κ1) is 16.9. The molecule has 134 valence electrons. The van der Waals surface area contributed by atoms with Crippen molar-refractivity contribution in [3.63, 3.8) is 0 Å². The van der Waals surface area contributed by atoms with Gasteiger partial charge in [0.1, 0.15) is 5.75 Å². The molecule has 1 amide bonds. The summed E-state index contributed by atoms with van der Waals surface area (Å²) >= 11 is 5.88. The number of ether oxygens (including phenoxy) is 1. The van der Waals surface area contributed by atoms with Crippen LogP contribution in [0.3, 0.4) is 0 Å². The maximum Gasteiger partial charge on any atom is 0.252 e. The third-order valence-corrected chi connectivity index (χ3v) is 5.02. The highest BCUT2D eigenvalue weighted by atomic mass is 35.5. The monoisotopic (exact) mass is 371 g/mol. The van der Waals surface area contributed by atoms with Crippen molar-refractivity contribution in [2.24, 2.45) is 5.73 Å². The summed E-state index contributed by atoms with van der Waals surface area (Å²) in [5.41, 5.74) is 7.95. The third kappa shape index (κ3) is 2.91. The highest BCUT2D eigenvalue weighted by Crippen LogP contribution is 2.41. The second-order valence-electron chi connectivity index (χ2n) is 6.46. The molecule has 1 saturated carbocycles. The zero-order chi connectivity index (χ0) is 18.3. The van der Waals surface area contributed by atoms with E-state index < -0.39 is 5.91 Å². The van der Waals surface area contributed by atoms with Gasteiger partial charge in [0.25, 0.3) is 5.91 Å². The van der Waals surface area contributed by atoms with E-state index in [9.17, 15) is 9.90 Å². The van der Waals surface area contributed by atoms with Crippen molar-refractivity contribution < 1.29 is 14.6 Å². The molecule has 1 aliphatic carbocycles. The highest BCUT2D eigenvalue weighted by Gasteiger charge is 2.37. The van der Waals surface area contributed by atoms with Crippen LogP contribution in [0.25, 0.3) is 5.52 Å². The number of carbonyl (C=O) groups is 1. The Morgan fingerprint density at radius 2 is 2.00 bits per heavy atom. The Hall–Kier alpha value is -2.57. The van der Waals surface area contributed by atoms with Crippen LogP contribution < -0.4 is 10.5 Å². The average molecular weight is 372 g/mol. The number of aliphatic hydroxyl groups excluding tert-OH is 1. The summed E-state index contributed by atoms with van der Waals surface area (Å²) in [5.74, 6) is 0.360. The Balaban J connectivity index is 1.57. The number of pyridine rings is 1. The number of halogens is 1. The predicted octanol–water partition coefficient (Wildman–Crippen LogP) is 2.90. The van der Waals surface area contributed by atoms with Crippen LogP contribution in [0.5, 0.6) is 5.75 Å². The van der Waals surface area contributed by atoms with Crippen LogP contribution in [0.2, 0.25) is 5.02 Å². The molecule has 26 heavy (non-hydrogen) atoms. The van der Waals surface area contributed by atoms with Gasteiger partial charge in [-0.05, 0) is 49.2 Å². The molecule has 6 nitrogen and oxygen atoms in total. The van der Waals surface area contributed by atoms with Crippen molar-refractivity contribution in [3.05, 3.63) is 64.4 Å². The number of primary amides is 1. The molecular weight excluding hydrogens is 354 g/mol. The predicted molar refractivity (Wildman–Crippen MR) is 97.5 cm³/mol. The van der Waals surface area contributed by atoms with E-state index >= 15 is 0 Å². The van der Waals surface area contributed by atoms with Crippen LogP contribution in [-0.2, 0) is 6.61 Å². The lowest BCUT2D eigenvalue weighted by molar-refractivity contribution is 0.0934. The van der Waals surface area contributed by atoms with Crippen molar-refractivity contribution in [3.8, 4) is 5.75 Å². The minimum atomic E-state index is -0.507. The summed E-state index contributed by atoms with van der Waals surface area (Å²) in [6.45, 7) is -0.163. The van der Waals surface area contributed by atoms with Gasteiger partial charge in [-0.15, -0.1) is 0 Å². The van der Waals surface area contributed by atoms with Gasteiger partial charge in [0.2, 0.25) is 0 Å². The van der Waals surface area contributed by atoms with Crippen LogP contribution in [-0.4, -0.2) is 26.7 Å². The lowest BCUT2D eigenvalue weighted by atomic mass is 9.78. The minimum Gasteiger partial charge on any atom is -0.490 e.